The fraction of sp³-hybridized carbons (Fsp3) is 0.0909. The summed E-state index contributed by atoms with van der Waals surface area (Å²) >= 11 is 0. The maximum absolute atomic E-state index is 12.4. The van der Waals surface area contributed by atoms with Gasteiger partial charge < -0.3 is 24.5 Å². The second kappa shape index (κ2) is 7.93. The molecule has 0 saturated heterocycles. The fourth-order valence-electron chi connectivity index (χ4n) is 3.07. The molecule has 4 aromatic rings. The molecule has 0 spiro atoms. The van der Waals surface area contributed by atoms with E-state index in [0.717, 1.165) is 16.9 Å². The topological polar surface area (TPSA) is 76.9 Å². The minimum atomic E-state index is -0.378. The number of ether oxygens (including phenoxy) is 2. The van der Waals surface area contributed by atoms with Crippen LogP contribution in [0.5, 0.6) is 11.5 Å². The number of anilines is 2. The highest BCUT2D eigenvalue weighted by atomic mass is 16.5. The van der Waals surface area contributed by atoms with Crippen molar-refractivity contribution < 1.29 is 14.3 Å². The first kappa shape index (κ1) is 18.4. The largest absolute Gasteiger partial charge is 0.493 e. The quantitative estimate of drug-likeness (QED) is 0.521. The van der Waals surface area contributed by atoms with E-state index in [0.29, 0.717) is 22.9 Å². The van der Waals surface area contributed by atoms with Crippen molar-refractivity contribution in [2.45, 2.75) is 0 Å². The summed E-state index contributed by atoms with van der Waals surface area (Å²) in [6.45, 7) is 0. The van der Waals surface area contributed by atoms with Gasteiger partial charge in [-0.05, 0) is 36.4 Å². The van der Waals surface area contributed by atoms with Gasteiger partial charge in [0.2, 0.25) is 0 Å². The van der Waals surface area contributed by atoms with Crippen LogP contribution >= 0.6 is 0 Å². The van der Waals surface area contributed by atoms with E-state index in [1.807, 2.05) is 59.3 Å². The third kappa shape index (κ3) is 3.84. The molecule has 29 heavy (non-hydrogen) atoms. The summed E-state index contributed by atoms with van der Waals surface area (Å²) in [5.41, 5.74) is 3.90. The van der Waals surface area contributed by atoms with E-state index < -0.39 is 0 Å². The number of carbonyl (C=O) groups excluding carboxylic acids is 1. The highest BCUT2D eigenvalue weighted by molar-refractivity contribution is 6.01. The van der Waals surface area contributed by atoms with Crippen LogP contribution in [-0.2, 0) is 0 Å². The summed E-state index contributed by atoms with van der Waals surface area (Å²) in [7, 11) is 3.07. The molecule has 0 aliphatic heterocycles. The Labute approximate surface area is 167 Å². The molecule has 4 rings (SSSR count). The number of hydrogen-bond acceptors (Lipinski definition) is 4. The third-order valence-electron chi connectivity index (χ3n) is 4.45. The number of amides is 2. The van der Waals surface area contributed by atoms with E-state index in [-0.39, 0.29) is 6.03 Å². The van der Waals surface area contributed by atoms with E-state index in [9.17, 15) is 4.79 Å². The summed E-state index contributed by atoms with van der Waals surface area (Å²) in [4.78, 5) is 17.0. The molecule has 0 fully saturated rings. The highest BCUT2D eigenvalue weighted by Crippen LogP contribution is 2.34. The van der Waals surface area contributed by atoms with Crippen molar-refractivity contribution >= 4 is 23.1 Å². The van der Waals surface area contributed by atoms with Crippen LogP contribution in [0, 0.1) is 0 Å². The molecule has 0 aliphatic rings. The summed E-state index contributed by atoms with van der Waals surface area (Å²) in [5, 5.41) is 5.59. The van der Waals surface area contributed by atoms with Gasteiger partial charge in [-0.2, -0.15) is 0 Å². The van der Waals surface area contributed by atoms with Crippen LogP contribution in [0.25, 0.3) is 16.9 Å². The first-order valence-corrected chi connectivity index (χ1v) is 9.01. The van der Waals surface area contributed by atoms with Crippen LogP contribution in [0.15, 0.2) is 73.1 Å². The Hall–Kier alpha value is -4.00. The van der Waals surface area contributed by atoms with Gasteiger partial charge in [0.25, 0.3) is 0 Å². The molecule has 2 N–H and O–H groups in total. The summed E-state index contributed by atoms with van der Waals surface area (Å²) < 4.78 is 12.5. The number of para-hydroxylation sites is 1. The molecule has 7 nitrogen and oxygen atoms in total. The number of pyridine rings is 1. The average molecular weight is 388 g/mol. The monoisotopic (exact) mass is 388 g/mol. The first-order valence-electron chi connectivity index (χ1n) is 9.01. The molecule has 0 bridgehead atoms. The fourth-order valence-corrected chi connectivity index (χ4v) is 3.07. The van der Waals surface area contributed by atoms with E-state index in [1.54, 1.807) is 25.3 Å². The molecule has 0 saturated carbocycles. The molecular formula is C22H20N4O3. The van der Waals surface area contributed by atoms with Gasteiger partial charge in [0.15, 0.2) is 11.5 Å². The number of nitrogens with zero attached hydrogens (tertiary/aromatic N) is 2. The smallest absolute Gasteiger partial charge is 0.323 e. The van der Waals surface area contributed by atoms with Crippen molar-refractivity contribution in [1.29, 1.82) is 0 Å². The van der Waals surface area contributed by atoms with Crippen LogP contribution in [0.2, 0.25) is 0 Å². The van der Waals surface area contributed by atoms with Crippen LogP contribution < -0.4 is 20.1 Å². The van der Waals surface area contributed by atoms with Crippen molar-refractivity contribution in [2.24, 2.45) is 0 Å². The first-order chi connectivity index (χ1) is 14.2. The Morgan fingerprint density at radius 1 is 0.931 bits per heavy atom. The van der Waals surface area contributed by atoms with Crippen molar-refractivity contribution in [3.8, 4) is 22.8 Å². The van der Waals surface area contributed by atoms with Crippen molar-refractivity contribution in [2.75, 3.05) is 24.9 Å². The minimum absolute atomic E-state index is 0.378. The number of imidazole rings is 1. The molecule has 0 radical (unpaired) electrons. The summed E-state index contributed by atoms with van der Waals surface area (Å²) in [5.74, 6) is 1.01. The zero-order valence-electron chi connectivity index (χ0n) is 16.0. The number of benzene rings is 2. The maximum atomic E-state index is 12.4. The van der Waals surface area contributed by atoms with Crippen LogP contribution in [-0.4, -0.2) is 29.6 Å². The van der Waals surface area contributed by atoms with E-state index in [4.69, 9.17) is 9.47 Å². The lowest BCUT2D eigenvalue weighted by atomic mass is 10.1. The number of hydrogen-bond donors (Lipinski definition) is 2. The van der Waals surface area contributed by atoms with Gasteiger partial charge in [0.05, 0.1) is 25.6 Å². The Morgan fingerprint density at radius 2 is 1.76 bits per heavy atom. The molecule has 146 valence electrons. The van der Waals surface area contributed by atoms with Gasteiger partial charge in [-0.1, -0.05) is 24.3 Å². The molecule has 2 amide bonds. The Bertz CT molecular complexity index is 1120. The number of methoxy groups -OCH3 is 2. The number of aromatic nitrogens is 2. The van der Waals surface area contributed by atoms with Gasteiger partial charge in [0, 0.05) is 23.6 Å². The Morgan fingerprint density at radius 3 is 2.48 bits per heavy atom. The second-order valence-electron chi connectivity index (χ2n) is 6.29. The number of nitrogens with one attached hydrogen (secondary N) is 2. The predicted molar refractivity (Wildman–Crippen MR) is 113 cm³/mol. The van der Waals surface area contributed by atoms with Crippen LogP contribution in [0.3, 0.4) is 0 Å². The Balaban J connectivity index is 1.47. The highest BCUT2D eigenvalue weighted by Gasteiger charge is 2.12. The zero-order valence-corrected chi connectivity index (χ0v) is 16.0. The molecule has 7 heteroatoms. The molecule has 2 heterocycles. The lowest BCUT2D eigenvalue weighted by Crippen LogP contribution is -2.19. The van der Waals surface area contributed by atoms with E-state index in [1.165, 1.54) is 7.11 Å². The van der Waals surface area contributed by atoms with Crippen molar-refractivity contribution in [3.63, 3.8) is 0 Å². The van der Waals surface area contributed by atoms with E-state index >= 15 is 0 Å². The maximum Gasteiger partial charge on any atom is 0.323 e. The van der Waals surface area contributed by atoms with Gasteiger partial charge in [-0.3, -0.25) is 0 Å². The van der Waals surface area contributed by atoms with Crippen LogP contribution in [0.4, 0.5) is 16.2 Å². The van der Waals surface area contributed by atoms with Gasteiger partial charge in [-0.25, -0.2) is 9.78 Å². The Kier molecular flexibility index (Phi) is 5.03. The van der Waals surface area contributed by atoms with Gasteiger partial charge >= 0.3 is 6.03 Å². The molecule has 2 aromatic heterocycles. The van der Waals surface area contributed by atoms with E-state index in [2.05, 4.69) is 15.6 Å². The average Bonchev–Trinajstić information content (AvgIpc) is 3.18. The summed E-state index contributed by atoms with van der Waals surface area (Å²) in [6.07, 6.45) is 3.93. The van der Waals surface area contributed by atoms with Gasteiger partial charge in [-0.15, -0.1) is 0 Å². The number of carbonyl (C=O) groups is 1. The molecule has 0 atom stereocenters. The number of rotatable bonds is 5. The zero-order chi connectivity index (χ0) is 20.2. The molecule has 0 unspecified atom stereocenters. The molecule has 2 aromatic carbocycles. The standard InChI is InChI=1S/C22H20N4O3/c1-28-19-7-5-6-17(21(19)29-2)25-22(27)23-16-11-9-15(10-12-16)18-14-26-13-4-3-8-20(26)24-18/h3-14H,1-2H3,(H2,23,25,27). The lowest BCUT2D eigenvalue weighted by molar-refractivity contribution is 0.262. The molecule has 0 aliphatic carbocycles. The number of fused-ring (bicyclic) bond motifs is 1. The third-order valence-corrected chi connectivity index (χ3v) is 4.45. The predicted octanol–water partition coefficient (Wildman–Crippen LogP) is 4.66. The number of urea groups is 1. The summed E-state index contributed by atoms with van der Waals surface area (Å²) in [6, 6.07) is 18.3. The van der Waals surface area contributed by atoms with Crippen LogP contribution in [0.1, 0.15) is 0 Å². The van der Waals surface area contributed by atoms with Crippen molar-refractivity contribution in [1.82, 2.24) is 9.38 Å². The molecular weight excluding hydrogens is 368 g/mol. The van der Waals surface area contributed by atoms with Gasteiger partial charge in [0.1, 0.15) is 5.65 Å². The lowest BCUT2D eigenvalue weighted by Gasteiger charge is -2.14. The normalized spacial score (nSPS) is 10.6. The SMILES string of the molecule is COc1cccc(NC(=O)Nc2ccc(-c3cn4ccccc4n3)cc2)c1OC. The minimum Gasteiger partial charge on any atom is -0.493 e. The van der Waals surface area contributed by atoms with Crippen molar-refractivity contribution in [3.05, 3.63) is 73.1 Å². The second-order valence-corrected chi connectivity index (χ2v) is 6.29.